The van der Waals surface area contributed by atoms with Crippen LogP contribution in [0.5, 0.6) is 5.75 Å². The second-order valence-electron chi connectivity index (χ2n) is 5.86. The molecule has 0 spiro atoms. The van der Waals surface area contributed by atoms with E-state index in [2.05, 4.69) is 4.74 Å². The number of benzene rings is 1. The molecule has 0 radical (unpaired) electrons. The maximum atomic E-state index is 13.9. The highest BCUT2D eigenvalue weighted by Gasteiger charge is 2.25. The summed E-state index contributed by atoms with van der Waals surface area (Å²) in [6.07, 6.45) is 3.03. The van der Waals surface area contributed by atoms with E-state index in [1.807, 2.05) is 0 Å². The van der Waals surface area contributed by atoms with Crippen molar-refractivity contribution in [2.45, 2.75) is 45.1 Å². The molecule has 23 heavy (non-hydrogen) atoms. The molecule has 0 unspecified atom stereocenters. The van der Waals surface area contributed by atoms with Crippen molar-refractivity contribution in [1.29, 1.82) is 0 Å². The topological polar surface area (TPSA) is 52.6 Å². The van der Waals surface area contributed by atoms with Gasteiger partial charge in [0.25, 0.3) is 0 Å². The van der Waals surface area contributed by atoms with Crippen molar-refractivity contribution in [3.05, 3.63) is 29.3 Å². The van der Waals surface area contributed by atoms with Crippen LogP contribution in [0.25, 0.3) is 0 Å². The maximum Gasteiger partial charge on any atom is 0.305 e. The van der Waals surface area contributed by atoms with Gasteiger partial charge in [-0.1, -0.05) is 0 Å². The van der Waals surface area contributed by atoms with Crippen molar-refractivity contribution in [2.75, 3.05) is 7.11 Å². The number of carbonyl (C=O) groups is 2. The number of esters is 1. The molecule has 0 aliphatic heterocycles. The monoisotopic (exact) mass is 326 g/mol. The lowest BCUT2D eigenvalue weighted by Gasteiger charge is -2.28. The third-order valence-electron chi connectivity index (χ3n) is 4.17. The highest BCUT2D eigenvalue weighted by atomic mass is 19.1. The molecule has 1 aliphatic rings. The van der Waals surface area contributed by atoms with E-state index in [9.17, 15) is 18.4 Å². The minimum Gasteiger partial charge on any atom is -0.487 e. The maximum absolute atomic E-state index is 13.9. The molecule has 0 amide bonds. The number of Topliss-reactive ketones (excluding diaryl/α,β-unsaturated/α-hetero) is 1. The van der Waals surface area contributed by atoms with Crippen LogP contribution in [0.2, 0.25) is 0 Å². The zero-order chi connectivity index (χ0) is 17.0. The molecule has 0 N–H and O–H groups in total. The summed E-state index contributed by atoms with van der Waals surface area (Å²) in [5.74, 6) is -2.23. The van der Waals surface area contributed by atoms with E-state index in [0.717, 1.165) is 25.0 Å². The van der Waals surface area contributed by atoms with Crippen molar-refractivity contribution < 1.29 is 27.8 Å². The number of ketones is 1. The molecule has 0 bridgehead atoms. The molecular weight excluding hydrogens is 306 g/mol. The molecule has 1 aromatic carbocycles. The van der Waals surface area contributed by atoms with Gasteiger partial charge in [0, 0.05) is 12.5 Å². The fourth-order valence-electron chi connectivity index (χ4n) is 2.84. The quantitative estimate of drug-likeness (QED) is 0.612. The van der Waals surface area contributed by atoms with Gasteiger partial charge in [-0.25, -0.2) is 8.78 Å². The number of halogens is 2. The number of carbonyl (C=O) groups excluding carboxylic acids is 2. The van der Waals surface area contributed by atoms with Crippen LogP contribution in [-0.2, 0) is 9.53 Å². The van der Waals surface area contributed by atoms with E-state index in [4.69, 9.17) is 4.74 Å². The molecule has 0 saturated heterocycles. The molecule has 126 valence electrons. The molecule has 0 aromatic heterocycles. The summed E-state index contributed by atoms with van der Waals surface area (Å²) in [7, 11) is 1.36. The molecule has 6 heteroatoms. The highest BCUT2D eigenvalue weighted by molar-refractivity contribution is 5.94. The SMILES string of the molecule is COC(=O)CC1CCC(Oc2cc(F)c(C(C)=O)cc2F)CC1. The molecule has 0 atom stereocenters. The van der Waals surface area contributed by atoms with Gasteiger partial charge in [0.15, 0.2) is 17.3 Å². The fourth-order valence-corrected chi connectivity index (χ4v) is 2.84. The minimum absolute atomic E-state index is 0.177. The van der Waals surface area contributed by atoms with Crippen molar-refractivity contribution >= 4 is 11.8 Å². The van der Waals surface area contributed by atoms with Crippen LogP contribution < -0.4 is 4.74 Å². The van der Waals surface area contributed by atoms with Gasteiger partial charge in [0.2, 0.25) is 0 Å². The molecular formula is C17H20F2O4. The van der Waals surface area contributed by atoms with Gasteiger partial charge in [0.05, 0.1) is 18.8 Å². The first kappa shape index (κ1) is 17.4. The third kappa shape index (κ3) is 4.50. The fraction of sp³-hybridized carbons (Fsp3) is 0.529. The summed E-state index contributed by atoms with van der Waals surface area (Å²) in [4.78, 5) is 22.4. The Hall–Kier alpha value is -1.98. The van der Waals surface area contributed by atoms with Gasteiger partial charge < -0.3 is 9.47 Å². The number of rotatable bonds is 5. The van der Waals surface area contributed by atoms with E-state index >= 15 is 0 Å². The van der Waals surface area contributed by atoms with Gasteiger partial charge in [-0.2, -0.15) is 0 Å². The van der Waals surface area contributed by atoms with E-state index in [0.29, 0.717) is 19.3 Å². The third-order valence-corrected chi connectivity index (χ3v) is 4.17. The van der Waals surface area contributed by atoms with Gasteiger partial charge in [-0.05, 0) is 44.6 Å². The van der Waals surface area contributed by atoms with Gasteiger partial charge >= 0.3 is 5.97 Å². The average molecular weight is 326 g/mol. The van der Waals surface area contributed by atoms with Crippen molar-refractivity contribution in [1.82, 2.24) is 0 Å². The zero-order valence-electron chi connectivity index (χ0n) is 13.2. The van der Waals surface area contributed by atoms with Crippen LogP contribution in [0.1, 0.15) is 49.4 Å². The molecule has 2 rings (SSSR count). The lowest BCUT2D eigenvalue weighted by atomic mass is 9.85. The van der Waals surface area contributed by atoms with E-state index < -0.39 is 17.4 Å². The number of ether oxygens (including phenoxy) is 2. The molecule has 1 aromatic rings. The van der Waals surface area contributed by atoms with E-state index in [-0.39, 0.29) is 29.3 Å². The lowest BCUT2D eigenvalue weighted by molar-refractivity contribution is -0.142. The standard InChI is InChI=1S/C17H20F2O4/c1-10(20)13-8-15(19)16(9-14(13)18)23-12-5-3-11(4-6-12)7-17(21)22-2/h8-9,11-12H,3-7H2,1-2H3. The normalized spacial score (nSPS) is 20.9. The number of hydrogen-bond donors (Lipinski definition) is 0. The molecule has 1 fully saturated rings. The van der Waals surface area contributed by atoms with E-state index in [1.165, 1.54) is 14.0 Å². The number of hydrogen-bond acceptors (Lipinski definition) is 4. The Morgan fingerprint density at radius 2 is 1.78 bits per heavy atom. The Bertz CT molecular complexity index is 593. The summed E-state index contributed by atoms with van der Waals surface area (Å²) in [5.41, 5.74) is -0.281. The predicted octanol–water partition coefficient (Wildman–Crippen LogP) is 3.67. The van der Waals surface area contributed by atoms with Crippen LogP contribution >= 0.6 is 0 Å². The Kier molecular flexibility index (Phi) is 5.69. The second-order valence-corrected chi connectivity index (χ2v) is 5.86. The van der Waals surface area contributed by atoms with Crippen LogP contribution in [0, 0.1) is 17.6 Å². The Balaban J connectivity index is 1.95. The van der Waals surface area contributed by atoms with Gasteiger partial charge in [-0.15, -0.1) is 0 Å². The summed E-state index contributed by atoms with van der Waals surface area (Å²) in [6, 6.07) is 1.79. The first-order chi connectivity index (χ1) is 10.9. The smallest absolute Gasteiger partial charge is 0.305 e. The van der Waals surface area contributed by atoms with Crippen LogP contribution in [-0.4, -0.2) is 25.0 Å². The summed E-state index contributed by atoms with van der Waals surface area (Å²) < 4.78 is 37.9. The Morgan fingerprint density at radius 1 is 1.13 bits per heavy atom. The molecule has 0 heterocycles. The minimum atomic E-state index is -0.784. The largest absolute Gasteiger partial charge is 0.487 e. The van der Waals surface area contributed by atoms with Crippen molar-refractivity contribution in [2.24, 2.45) is 5.92 Å². The average Bonchev–Trinajstić information content (AvgIpc) is 2.52. The van der Waals surface area contributed by atoms with Crippen molar-refractivity contribution in [3.8, 4) is 5.75 Å². The Labute approximate surface area is 133 Å². The molecule has 1 saturated carbocycles. The van der Waals surface area contributed by atoms with Crippen LogP contribution in [0.15, 0.2) is 12.1 Å². The van der Waals surface area contributed by atoms with Gasteiger partial charge in [-0.3, -0.25) is 9.59 Å². The van der Waals surface area contributed by atoms with Crippen LogP contribution in [0.4, 0.5) is 8.78 Å². The van der Waals surface area contributed by atoms with Crippen LogP contribution in [0.3, 0.4) is 0 Å². The van der Waals surface area contributed by atoms with Gasteiger partial charge in [0.1, 0.15) is 5.82 Å². The summed E-state index contributed by atoms with van der Waals surface area (Å²) >= 11 is 0. The number of methoxy groups -OCH3 is 1. The summed E-state index contributed by atoms with van der Waals surface area (Å²) in [5, 5.41) is 0. The predicted molar refractivity (Wildman–Crippen MR) is 79.4 cm³/mol. The second kappa shape index (κ2) is 7.53. The summed E-state index contributed by atoms with van der Waals surface area (Å²) in [6.45, 7) is 1.18. The van der Waals surface area contributed by atoms with Crippen molar-refractivity contribution in [3.63, 3.8) is 0 Å². The molecule has 1 aliphatic carbocycles. The highest BCUT2D eigenvalue weighted by Crippen LogP contribution is 2.31. The van der Waals surface area contributed by atoms with E-state index in [1.54, 1.807) is 0 Å². The first-order valence-electron chi connectivity index (χ1n) is 7.64. The Morgan fingerprint density at radius 3 is 2.35 bits per heavy atom. The first-order valence-corrected chi connectivity index (χ1v) is 7.64. The molecule has 4 nitrogen and oxygen atoms in total. The zero-order valence-corrected chi connectivity index (χ0v) is 13.2. The lowest BCUT2D eigenvalue weighted by Crippen LogP contribution is -2.26.